The second kappa shape index (κ2) is 5.63. The average Bonchev–Trinajstić information content (AvgIpc) is 3.03. The average molecular weight is 240 g/mol. The van der Waals surface area contributed by atoms with E-state index in [1.165, 1.54) is 0 Å². The summed E-state index contributed by atoms with van der Waals surface area (Å²) in [6.45, 7) is 4.00. The van der Waals surface area contributed by atoms with Crippen LogP contribution in [0.5, 0.6) is 0 Å². The highest BCUT2D eigenvalue weighted by Crippen LogP contribution is 2.43. The maximum atomic E-state index is 11.6. The van der Waals surface area contributed by atoms with Gasteiger partial charge in [-0.2, -0.15) is 0 Å². The third-order valence-electron chi connectivity index (χ3n) is 2.57. The molecule has 1 aliphatic carbocycles. The minimum atomic E-state index is -1.13. The molecule has 1 N–H and O–H groups in total. The largest absolute Gasteiger partial charge is 0.478 e. The number of carboxylic acids is 1. The number of carbonyl (C=O) groups is 2. The molecule has 0 spiro atoms. The first-order chi connectivity index (χ1) is 7.99. The monoisotopic (exact) mass is 240 g/mol. The Morgan fingerprint density at radius 1 is 1.41 bits per heavy atom. The molecule has 0 amide bonds. The predicted molar refractivity (Wildman–Crippen MR) is 60.5 cm³/mol. The van der Waals surface area contributed by atoms with E-state index >= 15 is 0 Å². The van der Waals surface area contributed by atoms with Crippen LogP contribution in [0.1, 0.15) is 19.3 Å². The second-order valence-electron chi connectivity index (χ2n) is 4.01. The van der Waals surface area contributed by atoms with Crippen LogP contribution >= 0.6 is 0 Å². The van der Waals surface area contributed by atoms with Crippen molar-refractivity contribution >= 4 is 11.9 Å². The number of rotatable bonds is 7. The number of aliphatic carboxylic acids is 1. The van der Waals surface area contributed by atoms with Gasteiger partial charge in [0.2, 0.25) is 0 Å². The summed E-state index contributed by atoms with van der Waals surface area (Å²) < 4.78 is 10.2. The van der Waals surface area contributed by atoms with Gasteiger partial charge in [0.1, 0.15) is 5.60 Å². The number of methoxy groups -OCH3 is 1. The maximum Gasteiger partial charge on any atom is 0.338 e. The molecule has 94 valence electrons. The Labute approximate surface area is 99.7 Å². The summed E-state index contributed by atoms with van der Waals surface area (Å²) in [6, 6.07) is 0. The van der Waals surface area contributed by atoms with Gasteiger partial charge in [-0.3, -0.25) is 0 Å². The summed E-state index contributed by atoms with van der Waals surface area (Å²) in [5.41, 5.74) is -0.385. The van der Waals surface area contributed by atoms with Crippen LogP contribution in [0.25, 0.3) is 0 Å². The number of carboxylic acid groups (broad SMARTS) is 1. The molecule has 0 heterocycles. The Kier molecular flexibility index (Phi) is 4.45. The van der Waals surface area contributed by atoms with Crippen LogP contribution in [0.2, 0.25) is 0 Å². The van der Waals surface area contributed by atoms with Crippen LogP contribution < -0.4 is 0 Å². The molecule has 1 rings (SSSR count). The molecule has 0 radical (unpaired) electrons. The van der Waals surface area contributed by atoms with E-state index < -0.39 is 17.5 Å². The molecule has 5 nitrogen and oxygen atoms in total. The fourth-order valence-electron chi connectivity index (χ4n) is 1.33. The Morgan fingerprint density at radius 3 is 2.53 bits per heavy atom. The number of carbonyl (C=O) groups excluding carboxylic acids is 1. The van der Waals surface area contributed by atoms with Gasteiger partial charge < -0.3 is 14.6 Å². The smallest absolute Gasteiger partial charge is 0.338 e. The molecule has 0 aromatic heterocycles. The fraction of sp³-hybridized carbons (Fsp3) is 0.500. The number of ether oxygens (including phenoxy) is 2. The minimum absolute atomic E-state index is 0.0380. The number of hydrogen-bond acceptors (Lipinski definition) is 4. The molecule has 1 fully saturated rings. The Balaban J connectivity index is 2.44. The van der Waals surface area contributed by atoms with Crippen LogP contribution in [-0.4, -0.2) is 36.4 Å². The topological polar surface area (TPSA) is 72.8 Å². The van der Waals surface area contributed by atoms with Gasteiger partial charge in [0.25, 0.3) is 0 Å². The highest BCUT2D eigenvalue weighted by Gasteiger charge is 2.46. The van der Waals surface area contributed by atoms with Gasteiger partial charge in [-0.25, -0.2) is 9.59 Å². The molecule has 1 saturated carbocycles. The maximum absolute atomic E-state index is 11.6. The molecule has 17 heavy (non-hydrogen) atoms. The van der Waals surface area contributed by atoms with Crippen molar-refractivity contribution in [2.75, 3.05) is 13.7 Å². The number of esters is 1. The molecular weight excluding hydrogens is 224 g/mol. The number of hydrogen-bond donors (Lipinski definition) is 1. The van der Waals surface area contributed by atoms with E-state index in [0.717, 1.165) is 25.0 Å². The fourth-order valence-corrected chi connectivity index (χ4v) is 1.33. The first-order valence-electron chi connectivity index (χ1n) is 5.31. The quantitative estimate of drug-likeness (QED) is 0.412. The van der Waals surface area contributed by atoms with E-state index in [1.54, 1.807) is 7.11 Å². The predicted octanol–water partition coefficient (Wildman–Crippen LogP) is 1.30. The van der Waals surface area contributed by atoms with E-state index in [4.69, 9.17) is 14.6 Å². The standard InChI is InChI=1S/C12H16O5/c1-9(3-4-10(13)14)11(15)17-12(5-6-12)7-8-16-2/h3-4H,1,5-8H2,2H3,(H,13,14). The molecule has 1 aliphatic rings. The van der Waals surface area contributed by atoms with E-state index in [1.807, 2.05) is 0 Å². The summed E-state index contributed by atoms with van der Waals surface area (Å²) >= 11 is 0. The van der Waals surface area contributed by atoms with E-state index in [9.17, 15) is 9.59 Å². The normalized spacial score (nSPS) is 16.8. The van der Waals surface area contributed by atoms with Gasteiger partial charge in [-0.15, -0.1) is 0 Å². The summed E-state index contributed by atoms with van der Waals surface area (Å²) in [5, 5.41) is 8.41. The first-order valence-corrected chi connectivity index (χ1v) is 5.31. The van der Waals surface area contributed by atoms with Crippen LogP contribution in [0, 0.1) is 0 Å². The lowest BCUT2D eigenvalue weighted by atomic mass is 10.2. The van der Waals surface area contributed by atoms with Gasteiger partial charge in [0, 0.05) is 26.2 Å². The Hall–Kier alpha value is -1.62. The molecule has 5 heteroatoms. The lowest BCUT2D eigenvalue weighted by molar-refractivity contribution is -0.146. The summed E-state index contributed by atoms with van der Waals surface area (Å²) in [4.78, 5) is 21.8. The van der Waals surface area contributed by atoms with Gasteiger partial charge in [-0.1, -0.05) is 6.58 Å². The van der Waals surface area contributed by atoms with Crippen molar-refractivity contribution in [1.29, 1.82) is 0 Å². The van der Waals surface area contributed by atoms with Gasteiger partial charge in [0.15, 0.2) is 0 Å². The van der Waals surface area contributed by atoms with Crippen LogP contribution in [-0.2, 0) is 19.1 Å². The third-order valence-corrected chi connectivity index (χ3v) is 2.57. The zero-order valence-electron chi connectivity index (χ0n) is 9.77. The van der Waals surface area contributed by atoms with Crippen molar-refractivity contribution in [3.8, 4) is 0 Å². The van der Waals surface area contributed by atoms with Crippen molar-refractivity contribution in [2.45, 2.75) is 24.9 Å². The summed E-state index contributed by atoms with van der Waals surface area (Å²) in [5.74, 6) is -1.70. The van der Waals surface area contributed by atoms with Crippen LogP contribution in [0.15, 0.2) is 24.3 Å². The molecule has 0 aliphatic heterocycles. The molecule has 0 unspecified atom stereocenters. The zero-order valence-corrected chi connectivity index (χ0v) is 9.77. The molecule has 0 saturated heterocycles. The van der Waals surface area contributed by atoms with Crippen molar-refractivity contribution in [3.63, 3.8) is 0 Å². The second-order valence-corrected chi connectivity index (χ2v) is 4.01. The third kappa shape index (κ3) is 4.40. The Morgan fingerprint density at radius 2 is 2.06 bits per heavy atom. The molecule has 0 aromatic rings. The highest BCUT2D eigenvalue weighted by molar-refractivity contribution is 5.93. The van der Waals surface area contributed by atoms with Gasteiger partial charge in [-0.05, 0) is 18.9 Å². The minimum Gasteiger partial charge on any atom is -0.478 e. The highest BCUT2D eigenvalue weighted by atomic mass is 16.6. The lowest BCUT2D eigenvalue weighted by Gasteiger charge is -2.15. The van der Waals surface area contributed by atoms with Crippen molar-refractivity contribution in [3.05, 3.63) is 24.3 Å². The summed E-state index contributed by atoms with van der Waals surface area (Å²) in [7, 11) is 1.59. The first kappa shape index (κ1) is 13.4. The molecule has 0 bridgehead atoms. The SMILES string of the molecule is C=C(C=CC(=O)O)C(=O)OC1(CCOC)CC1. The molecule has 0 atom stereocenters. The molecule has 0 aromatic carbocycles. The summed E-state index contributed by atoms with van der Waals surface area (Å²) in [6.07, 6.45) is 4.29. The van der Waals surface area contributed by atoms with Crippen LogP contribution in [0.3, 0.4) is 0 Å². The Bertz CT molecular complexity index is 352. The van der Waals surface area contributed by atoms with Gasteiger partial charge in [0.05, 0.1) is 5.57 Å². The lowest BCUT2D eigenvalue weighted by Crippen LogP contribution is -2.21. The van der Waals surface area contributed by atoms with E-state index in [0.29, 0.717) is 13.0 Å². The molecular formula is C12H16O5. The van der Waals surface area contributed by atoms with Crippen molar-refractivity contribution < 1.29 is 24.2 Å². The van der Waals surface area contributed by atoms with E-state index in [2.05, 4.69) is 6.58 Å². The van der Waals surface area contributed by atoms with Crippen molar-refractivity contribution in [2.24, 2.45) is 0 Å². The van der Waals surface area contributed by atoms with E-state index in [-0.39, 0.29) is 5.57 Å². The van der Waals surface area contributed by atoms with Crippen molar-refractivity contribution in [1.82, 2.24) is 0 Å². The zero-order chi connectivity index (χ0) is 12.9. The van der Waals surface area contributed by atoms with Crippen LogP contribution in [0.4, 0.5) is 0 Å². The van der Waals surface area contributed by atoms with Gasteiger partial charge >= 0.3 is 11.9 Å².